The fourth-order valence-corrected chi connectivity index (χ4v) is 3.65. The normalized spacial score (nSPS) is 16.7. The molecule has 0 aromatic carbocycles. The van der Waals surface area contributed by atoms with Gasteiger partial charge in [-0.25, -0.2) is 9.78 Å². The number of rotatable bonds is 5. The highest BCUT2D eigenvalue weighted by Crippen LogP contribution is 2.33. The summed E-state index contributed by atoms with van der Waals surface area (Å²) in [4.78, 5) is 35.5. The number of aromatic nitrogens is 2. The second-order valence-electron chi connectivity index (χ2n) is 7.38. The van der Waals surface area contributed by atoms with Crippen LogP contribution in [0.25, 0.3) is 5.52 Å². The van der Waals surface area contributed by atoms with E-state index in [0.717, 1.165) is 37.0 Å². The zero-order chi connectivity index (χ0) is 19.6. The minimum atomic E-state index is -0.114. The van der Waals surface area contributed by atoms with E-state index in [4.69, 9.17) is 4.98 Å². The van der Waals surface area contributed by atoms with E-state index in [1.807, 2.05) is 40.7 Å². The lowest BCUT2D eigenvalue weighted by Crippen LogP contribution is -2.39. The SMILES string of the molecule is CCCCN(C)C(=O)c1nc([C@H]2CCCN2C(=O)N(C)C)n2ccccc12. The van der Waals surface area contributed by atoms with E-state index in [0.29, 0.717) is 18.8 Å². The van der Waals surface area contributed by atoms with Gasteiger partial charge in [-0.15, -0.1) is 0 Å². The molecule has 1 saturated heterocycles. The van der Waals surface area contributed by atoms with Crippen molar-refractivity contribution in [3.8, 4) is 0 Å². The molecule has 1 aliphatic heterocycles. The van der Waals surface area contributed by atoms with Crippen LogP contribution in [0, 0.1) is 0 Å². The molecule has 3 heterocycles. The second-order valence-corrected chi connectivity index (χ2v) is 7.38. The Morgan fingerprint density at radius 1 is 1.26 bits per heavy atom. The van der Waals surface area contributed by atoms with Crippen LogP contribution in [0.1, 0.15) is 55.0 Å². The first-order chi connectivity index (χ1) is 13.0. The number of fused-ring (bicyclic) bond motifs is 1. The Hall–Kier alpha value is -2.57. The third-order valence-electron chi connectivity index (χ3n) is 5.15. The van der Waals surface area contributed by atoms with Gasteiger partial charge in [0.05, 0.1) is 11.6 Å². The Morgan fingerprint density at radius 2 is 2.04 bits per heavy atom. The minimum Gasteiger partial charge on any atom is -0.340 e. The van der Waals surface area contributed by atoms with Crippen molar-refractivity contribution >= 4 is 17.5 Å². The fourth-order valence-electron chi connectivity index (χ4n) is 3.65. The predicted octanol–water partition coefficient (Wildman–Crippen LogP) is 3.02. The molecule has 1 aliphatic rings. The smallest absolute Gasteiger partial charge is 0.320 e. The number of pyridine rings is 1. The van der Waals surface area contributed by atoms with Crippen molar-refractivity contribution in [2.24, 2.45) is 0 Å². The van der Waals surface area contributed by atoms with E-state index in [-0.39, 0.29) is 18.0 Å². The highest BCUT2D eigenvalue weighted by Gasteiger charge is 2.35. The molecule has 3 rings (SSSR count). The van der Waals surface area contributed by atoms with Gasteiger partial charge in [-0.3, -0.25) is 4.79 Å². The van der Waals surface area contributed by atoms with Crippen LogP contribution in [0.5, 0.6) is 0 Å². The molecule has 7 nitrogen and oxygen atoms in total. The standard InChI is InChI=1S/C20H29N5O2/c1-5-6-12-23(4)19(26)17-15-10-7-8-13-24(15)18(21-17)16-11-9-14-25(16)20(27)22(2)3/h7-8,10,13,16H,5-6,9,11-12,14H2,1-4H3/t16-/m1/s1. The highest BCUT2D eigenvalue weighted by molar-refractivity contribution is 5.99. The number of nitrogens with zero attached hydrogens (tertiary/aromatic N) is 5. The number of carbonyl (C=O) groups is 2. The van der Waals surface area contributed by atoms with Crippen LogP contribution in [-0.2, 0) is 0 Å². The molecule has 2 aromatic rings. The number of amides is 3. The summed E-state index contributed by atoms with van der Waals surface area (Å²) >= 11 is 0. The van der Waals surface area contributed by atoms with Crippen molar-refractivity contribution in [3.05, 3.63) is 35.9 Å². The van der Waals surface area contributed by atoms with Crippen molar-refractivity contribution in [3.63, 3.8) is 0 Å². The van der Waals surface area contributed by atoms with Crippen molar-refractivity contribution in [1.82, 2.24) is 24.1 Å². The van der Waals surface area contributed by atoms with Crippen LogP contribution in [0.3, 0.4) is 0 Å². The maximum absolute atomic E-state index is 13.0. The predicted molar refractivity (Wildman–Crippen MR) is 105 cm³/mol. The molecule has 2 aromatic heterocycles. The largest absolute Gasteiger partial charge is 0.340 e. The fraction of sp³-hybridized carbons (Fsp3) is 0.550. The Bertz CT molecular complexity index is 829. The molecule has 0 N–H and O–H groups in total. The summed E-state index contributed by atoms with van der Waals surface area (Å²) in [6.45, 7) is 3.53. The summed E-state index contributed by atoms with van der Waals surface area (Å²) in [6.07, 6.45) is 5.72. The zero-order valence-corrected chi connectivity index (χ0v) is 16.7. The van der Waals surface area contributed by atoms with Crippen LogP contribution in [0.15, 0.2) is 24.4 Å². The first-order valence-electron chi connectivity index (χ1n) is 9.66. The summed E-state index contributed by atoms with van der Waals surface area (Å²) in [7, 11) is 5.35. The van der Waals surface area contributed by atoms with Crippen LogP contribution < -0.4 is 0 Å². The van der Waals surface area contributed by atoms with Crippen molar-refractivity contribution in [1.29, 1.82) is 0 Å². The lowest BCUT2D eigenvalue weighted by atomic mass is 10.2. The van der Waals surface area contributed by atoms with Gasteiger partial charge in [-0.1, -0.05) is 19.4 Å². The van der Waals surface area contributed by atoms with Gasteiger partial charge in [0.1, 0.15) is 5.82 Å². The van der Waals surface area contributed by atoms with Crippen LogP contribution in [0.2, 0.25) is 0 Å². The van der Waals surface area contributed by atoms with E-state index < -0.39 is 0 Å². The van der Waals surface area contributed by atoms with E-state index in [2.05, 4.69) is 6.92 Å². The molecule has 27 heavy (non-hydrogen) atoms. The number of hydrogen-bond donors (Lipinski definition) is 0. The summed E-state index contributed by atoms with van der Waals surface area (Å²) < 4.78 is 1.97. The Balaban J connectivity index is 2.00. The summed E-state index contributed by atoms with van der Waals surface area (Å²) in [6, 6.07) is 5.64. The van der Waals surface area contributed by atoms with Crippen LogP contribution in [0.4, 0.5) is 4.79 Å². The van der Waals surface area contributed by atoms with Gasteiger partial charge in [-0.2, -0.15) is 0 Å². The molecule has 3 amide bonds. The number of urea groups is 1. The molecular weight excluding hydrogens is 342 g/mol. The molecule has 1 fully saturated rings. The van der Waals surface area contributed by atoms with Crippen LogP contribution >= 0.6 is 0 Å². The minimum absolute atomic E-state index is 0.0156. The van der Waals surface area contributed by atoms with Gasteiger partial charge in [0.2, 0.25) is 0 Å². The van der Waals surface area contributed by atoms with Gasteiger partial charge in [0, 0.05) is 40.4 Å². The van der Waals surface area contributed by atoms with E-state index in [9.17, 15) is 9.59 Å². The molecule has 7 heteroatoms. The quantitative estimate of drug-likeness (QED) is 0.812. The summed E-state index contributed by atoms with van der Waals surface area (Å²) in [5.74, 6) is 0.701. The van der Waals surface area contributed by atoms with E-state index in [1.165, 1.54) is 0 Å². The first kappa shape index (κ1) is 19.2. The summed E-state index contributed by atoms with van der Waals surface area (Å²) in [5.41, 5.74) is 1.26. The number of carbonyl (C=O) groups excluding carboxylic acids is 2. The lowest BCUT2D eigenvalue weighted by Gasteiger charge is -2.27. The second kappa shape index (κ2) is 7.98. The lowest BCUT2D eigenvalue weighted by molar-refractivity contribution is 0.0789. The Labute approximate surface area is 160 Å². The topological polar surface area (TPSA) is 61.2 Å². The Morgan fingerprint density at radius 3 is 2.74 bits per heavy atom. The maximum Gasteiger partial charge on any atom is 0.320 e. The molecule has 0 aliphatic carbocycles. The monoisotopic (exact) mass is 371 g/mol. The third kappa shape index (κ3) is 3.63. The zero-order valence-electron chi connectivity index (χ0n) is 16.7. The van der Waals surface area contributed by atoms with Gasteiger partial charge in [0.15, 0.2) is 5.69 Å². The van der Waals surface area contributed by atoms with Crippen LogP contribution in [-0.4, -0.2) is 70.3 Å². The summed E-state index contributed by atoms with van der Waals surface area (Å²) in [5, 5.41) is 0. The van der Waals surface area contributed by atoms with Gasteiger partial charge in [-0.05, 0) is 31.4 Å². The number of imidazole rings is 1. The molecule has 146 valence electrons. The Kier molecular flexibility index (Phi) is 5.68. The number of likely N-dealkylation sites (tertiary alicyclic amines) is 1. The molecule has 0 bridgehead atoms. The highest BCUT2D eigenvalue weighted by atomic mass is 16.2. The molecule has 0 spiro atoms. The molecule has 0 radical (unpaired) electrons. The van der Waals surface area contributed by atoms with Crippen molar-refractivity contribution < 1.29 is 9.59 Å². The van der Waals surface area contributed by atoms with Crippen molar-refractivity contribution in [2.45, 2.75) is 38.6 Å². The third-order valence-corrected chi connectivity index (χ3v) is 5.15. The van der Waals surface area contributed by atoms with Gasteiger partial charge >= 0.3 is 6.03 Å². The molecule has 0 unspecified atom stereocenters. The van der Waals surface area contributed by atoms with Gasteiger partial charge in [0.25, 0.3) is 5.91 Å². The first-order valence-corrected chi connectivity index (χ1v) is 9.66. The number of unbranched alkanes of at least 4 members (excludes halogenated alkanes) is 1. The molecule has 1 atom stereocenters. The maximum atomic E-state index is 13.0. The van der Waals surface area contributed by atoms with Crippen molar-refractivity contribution in [2.75, 3.05) is 34.2 Å². The average Bonchev–Trinajstić information content (AvgIpc) is 3.29. The molecular formula is C20H29N5O2. The van der Waals surface area contributed by atoms with Gasteiger partial charge < -0.3 is 19.1 Å². The number of hydrogen-bond acceptors (Lipinski definition) is 3. The van der Waals surface area contributed by atoms with E-state index in [1.54, 1.807) is 23.9 Å². The average molecular weight is 371 g/mol. The van der Waals surface area contributed by atoms with E-state index >= 15 is 0 Å². The molecule has 0 saturated carbocycles.